The van der Waals surface area contributed by atoms with Crippen LogP contribution in [0.4, 0.5) is 11.4 Å². The van der Waals surface area contributed by atoms with Crippen LogP contribution in [0.1, 0.15) is 30.1 Å². The van der Waals surface area contributed by atoms with Crippen LogP contribution in [0, 0.1) is 5.92 Å². The Morgan fingerprint density at radius 1 is 1.53 bits per heavy atom. The number of hydrogen-bond donors (Lipinski definition) is 2. The van der Waals surface area contributed by atoms with Gasteiger partial charge < -0.3 is 15.8 Å². The predicted octanol–water partition coefficient (Wildman–Crippen LogP) is 2.27. The van der Waals surface area contributed by atoms with Crippen LogP contribution in [-0.4, -0.2) is 19.1 Å². The van der Waals surface area contributed by atoms with Crippen molar-refractivity contribution in [3.05, 3.63) is 23.8 Å². The van der Waals surface area contributed by atoms with Crippen LogP contribution in [-0.2, 0) is 4.74 Å². The van der Waals surface area contributed by atoms with Crippen molar-refractivity contribution in [2.45, 2.75) is 19.8 Å². The Balaban J connectivity index is 2.10. The first-order valence-electron chi connectivity index (χ1n) is 6.02. The molecule has 1 saturated carbocycles. The molecule has 1 fully saturated rings. The molecule has 17 heavy (non-hydrogen) atoms. The Labute approximate surface area is 101 Å². The minimum absolute atomic E-state index is 0.359. The fraction of sp³-hybridized carbons (Fsp3) is 0.462. The number of nitrogens with two attached hydrogens (primary N) is 1. The monoisotopic (exact) mass is 234 g/mol. The van der Waals surface area contributed by atoms with Gasteiger partial charge in [-0.25, -0.2) is 4.79 Å². The lowest BCUT2D eigenvalue weighted by molar-refractivity contribution is 0.0527. The summed E-state index contributed by atoms with van der Waals surface area (Å²) in [6.07, 6.45) is 2.56. The molecule has 0 unspecified atom stereocenters. The number of carbonyl (C=O) groups is 1. The number of hydrogen-bond acceptors (Lipinski definition) is 4. The Kier molecular flexibility index (Phi) is 3.52. The Bertz CT molecular complexity index is 414. The summed E-state index contributed by atoms with van der Waals surface area (Å²) >= 11 is 0. The zero-order valence-electron chi connectivity index (χ0n) is 10.0. The highest BCUT2D eigenvalue weighted by atomic mass is 16.5. The van der Waals surface area contributed by atoms with Gasteiger partial charge in [-0.1, -0.05) is 6.07 Å². The second-order valence-corrected chi connectivity index (χ2v) is 4.31. The Morgan fingerprint density at radius 3 is 2.94 bits per heavy atom. The number of carbonyl (C=O) groups excluding carboxylic acids is 1. The molecule has 0 amide bonds. The minimum Gasteiger partial charge on any atom is -0.462 e. The van der Waals surface area contributed by atoms with E-state index in [9.17, 15) is 4.79 Å². The molecule has 1 aromatic rings. The van der Waals surface area contributed by atoms with Gasteiger partial charge in [0.2, 0.25) is 0 Å². The quantitative estimate of drug-likeness (QED) is 0.606. The summed E-state index contributed by atoms with van der Waals surface area (Å²) in [5.41, 5.74) is 7.70. The molecule has 0 atom stereocenters. The number of nitrogen functional groups attached to an aromatic ring is 1. The third kappa shape index (κ3) is 2.90. The lowest BCUT2D eigenvalue weighted by Gasteiger charge is -2.11. The average Bonchev–Trinajstić information content (AvgIpc) is 3.12. The number of esters is 1. The van der Waals surface area contributed by atoms with Gasteiger partial charge in [0.05, 0.1) is 23.5 Å². The highest BCUT2D eigenvalue weighted by Gasteiger charge is 2.21. The lowest BCUT2D eigenvalue weighted by Crippen LogP contribution is -2.11. The zero-order chi connectivity index (χ0) is 12.3. The normalized spacial score (nSPS) is 14.4. The highest BCUT2D eigenvalue weighted by Crippen LogP contribution is 2.30. The first kappa shape index (κ1) is 11.8. The summed E-state index contributed by atoms with van der Waals surface area (Å²) < 4.78 is 4.95. The molecule has 1 aliphatic rings. The second kappa shape index (κ2) is 5.08. The molecule has 1 aromatic carbocycles. The van der Waals surface area contributed by atoms with Crippen LogP contribution < -0.4 is 11.1 Å². The number of benzene rings is 1. The number of nitrogens with one attached hydrogen (secondary N) is 1. The minimum atomic E-state index is -0.361. The first-order valence-corrected chi connectivity index (χ1v) is 6.02. The van der Waals surface area contributed by atoms with E-state index in [4.69, 9.17) is 10.5 Å². The van der Waals surface area contributed by atoms with E-state index in [0.29, 0.717) is 17.9 Å². The van der Waals surface area contributed by atoms with E-state index in [2.05, 4.69) is 5.32 Å². The van der Waals surface area contributed by atoms with Gasteiger partial charge in [-0.05, 0) is 37.8 Å². The fourth-order valence-electron chi connectivity index (χ4n) is 1.68. The zero-order valence-corrected chi connectivity index (χ0v) is 10.0. The molecule has 92 valence electrons. The largest absolute Gasteiger partial charge is 0.462 e. The van der Waals surface area contributed by atoms with Gasteiger partial charge in [-0.2, -0.15) is 0 Å². The molecular weight excluding hydrogens is 216 g/mol. The lowest BCUT2D eigenvalue weighted by atomic mass is 10.1. The SMILES string of the molecule is CCOC(=O)c1cccc(NCC2CC2)c1N. The Morgan fingerprint density at radius 2 is 2.29 bits per heavy atom. The summed E-state index contributed by atoms with van der Waals surface area (Å²) in [7, 11) is 0. The first-order chi connectivity index (χ1) is 8.22. The highest BCUT2D eigenvalue weighted by molar-refractivity contribution is 5.98. The molecule has 4 heteroatoms. The molecular formula is C13H18N2O2. The third-order valence-corrected chi connectivity index (χ3v) is 2.88. The van der Waals surface area contributed by atoms with E-state index in [1.807, 2.05) is 12.1 Å². The molecule has 3 N–H and O–H groups in total. The fourth-order valence-corrected chi connectivity index (χ4v) is 1.68. The van der Waals surface area contributed by atoms with Crippen LogP contribution in [0.5, 0.6) is 0 Å². The van der Waals surface area contributed by atoms with E-state index >= 15 is 0 Å². The van der Waals surface area contributed by atoms with Crippen molar-refractivity contribution in [2.75, 3.05) is 24.2 Å². The van der Waals surface area contributed by atoms with Crippen LogP contribution in [0.3, 0.4) is 0 Å². The maximum atomic E-state index is 11.6. The van der Waals surface area contributed by atoms with Gasteiger partial charge in [0, 0.05) is 6.54 Å². The molecule has 2 rings (SSSR count). The molecule has 1 aliphatic carbocycles. The summed E-state index contributed by atoms with van der Waals surface area (Å²) in [6, 6.07) is 5.40. The van der Waals surface area contributed by atoms with Gasteiger partial charge in [0.25, 0.3) is 0 Å². The molecule has 0 aliphatic heterocycles. The molecule has 0 spiro atoms. The molecule has 0 heterocycles. The molecule has 0 bridgehead atoms. The van der Waals surface area contributed by atoms with Crippen molar-refractivity contribution < 1.29 is 9.53 Å². The topological polar surface area (TPSA) is 64.3 Å². The van der Waals surface area contributed by atoms with Gasteiger partial charge in [-0.3, -0.25) is 0 Å². The van der Waals surface area contributed by atoms with E-state index in [0.717, 1.165) is 18.2 Å². The molecule has 4 nitrogen and oxygen atoms in total. The van der Waals surface area contributed by atoms with E-state index < -0.39 is 0 Å². The third-order valence-electron chi connectivity index (χ3n) is 2.88. The van der Waals surface area contributed by atoms with Crippen LogP contribution in [0.15, 0.2) is 18.2 Å². The summed E-state index contributed by atoms with van der Waals surface area (Å²) in [6.45, 7) is 3.07. The second-order valence-electron chi connectivity index (χ2n) is 4.31. The van der Waals surface area contributed by atoms with Gasteiger partial charge in [0.15, 0.2) is 0 Å². The van der Waals surface area contributed by atoms with Crippen LogP contribution >= 0.6 is 0 Å². The summed E-state index contributed by atoms with van der Waals surface area (Å²) in [5.74, 6) is 0.403. The number of rotatable bonds is 5. The van der Waals surface area contributed by atoms with Crippen molar-refractivity contribution in [1.29, 1.82) is 0 Å². The average molecular weight is 234 g/mol. The maximum Gasteiger partial charge on any atom is 0.340 e. The van der Waals surface area contributed by atoms with Crippen LogP contribution in [0.25, 0.3) is 0 Å². The standard InChI is InChI=1S/C13H18N2O2/c1-2-17-13(16)10-4-3-5-11(12(10)14)15-8-9-6-7-9/h3-5,9,15H,2,6-8,14H2,1H3. The smallest absolute Gasteiger partial charge is 0.340 e. The van der Waals surface area contributed by atoms with Crippen molar-refractivity contribution in [3.8, 4) is 0 Å². The van der Waals surface area contributed by atoms with E-state index in [-0.39, 0.29) is 5.97 Å². The molecule has 0 saturated heterocycles. The van der Waals surface area contributed by atoms with Crippen molar-refractivity contribution in [1.82, 2.24) is 0 Å². The van der Waals surface area contributed by atoms with Crippen molar-refractivity contribution in [2.24, 2.45) is 5.92 Å². The number of para-hydroxylation sites is 1. The van der Waals surface area contributed by atoms with Crippen LogP contribution in [0.2, 0.25) is 0 Å². The van der Waals surface area contributed by atoms with Gasteiger partial charge >= 0.3 is 5.97 Å². The number of ether oxygens (including phenoxy) is 1. The summed E-state index contributed by atoms with van der Waals surface area (Å²) in [4.78, 5) is 11.6. The Hall–Kier alpha value is -1.71. The van der Waals surface area contributed by atoms with E-state index in [1.165, 1.54) is 12.8 Å². The molecule has 0 aromatic heterocycles. The van der Waals surface area contributed by atoms with E-state index in [1.54, 1.807) is 13.0 Å². The number of anilines is 2. The van der Waals surface area contributed by atoms with Gasteiger partial charge in [0.1, 0.15) is 0 Å². The maximum absolute atomic E-state index is 11.6. The molecule has 0 radical (unpaired) electrons. The van der Waals surface area contributed by atoms with Crippen molar-refractivity contribution in [3.63, 3.8) is 0 Å². The van der Waals surface area contributed by atoms with Gasteiger partial charge in [-0.15, -0.1) is 0 Å². The van der Waals surface area contributed by atoms with Crippen molar-refractivity contribution >= 4 is 17.3 Å². The predicted molar refractivity (Wildman–Crippen MR) is 68.0 cm³/mol. The summed E-state index contributed by atoms with van der Waals surface area (Å²) in [5, 5.41) is 3.28.